The molecule has 5 nitrogen and oxygen atoms in total. The van der Waals surface area contributed by atoms with E-state index in [4.69, 9.17) is 39.8 Å². The lowest BCUT2D eigenvalue weighted by Crippen LogP contribution is -2.15. The number of hydrogen-bond acceptors (Lipinski definition) is 4. The van der Waals surface area contributed by atoms with E-state index in [9.17, 15) is 0 Å². The minimum absolute atomic E-state index is 0.465. The molecule has 2 aromatic heterocycles. The summed E-state index contributed by atoms with van der Waals surface area (Å²) >= 11 is 17.3. The van der Waals surface area contributed by atoms with Gasteiger partial charge in [-0.25, -0.2) is 4.68 Å². The molecule has 0 aliphatic carbocycles. The molecule has 2 heterocycles. The Bertz CT molecular complexity index is 868. The highest BCUT2D eigenvalue weighted by atomic mass is 35.5. The van der Waals surface area contributed by atoms with Crippen molar-refractivity contribution in [3.63, 3.8) is 0 Å². The van der Waals surface area contributed by atoms with E-state index in [-0.39, 0.29) is 0 Å². The van der Waals surface area contributed by atoms with Crippen molar-refractivity contribution in [3.05, 3.63) is 56.7 Å². The predicted octanol–water partition coefficient (Wildman–Crippen LogP) is 4.56. The van der Waals surface area contributed by atoms with Gasteiger partial charge in [-0.15, -0.1) is 0 Å². The van der Waals surface area contributed by atoms with E-state index in [0.29, 0.717) is 27.1 Å². The Balaban J connectivity index is 1.79. The van der Waals surface area contributed by atoms with Gasteiger partial charge in [0.05, 0.1) is 11.6 Å². The second kappa shape index (κ2) is 6.16. The van der Waals surface area contributed by atoms with Crippen LogP contribution in [0.25, 0.3) is 11.3 Å². The van der Waals surface area contributed by atoms with E-state index in [2.05, 4.69) is 15.6 Å². The molecule has 0 fully saturated rings. The monoisotopic (exact) mass is 354 g/mol. The van der Waals surface area contributed by atoms with Gasteiger partial charge in [0.1, 0.15) is 17.3 Å². The highest BCUT2D eigenvalue weighted by molar-refractivity contribution is 7.71. The summed E-state index contributed by atoms with van der Waals surface area (Å²) in [6.07, 6.45) is 0. The van der Waals surface area contributed by atoms with Crippen LogP contribution in [0.15, 0.2) is 34.7 Å². The third-order valence-electron chi connectivity index (χ3n) is 3.11. The Morgan fingerprint density at radius 3 is 2.86 bits per heavy atom. The fourth-order valence-electron chi connectivity index (χ4n) is 2.02. The number of H-pyrrole nitrogens is 1. The van der Waals surface area contributed by atoms with Gasteiger partial charge in [0, 0.05) is 10.6 Å². The number of halogens is 2. The summed E-state index contributed by atoms with van der Waals surface area (Å²) in [7, 11) is 0. The van der Waals surface area contributed by atoms with Crippen molar-refractivity contribution >= 4 is 35.4 Å². The van der Waals surface area contributed by atoms with Crippen LogP contribution in [0.1, 0.15) is 11.6 Å². The summed E-state index contributed by atoms with van der Waals surface area (Å²) in [5.41, 5.74) is 3.89. The van der Waals surface area contributed by atoms with E-state index < -0.39 is 0 Å². The Morgan fingerprint density at radius 1 is 1.32 bits per heavy atom. The number of nitrogens with one attached hydrogen (secondary N) is 2. The number of furan rings is 1. The van der Waals surface area contributed by atoms with E-state index in [1.165, 1.54) is 0 Å². The van der Waals surface area contributed by atoms with Crippen molar-refractivity contribution in [1.82, 2.24) is 14.9 Å². The Hall–Kier alpha value is -1.76. The largest absolute Gasteiger partial charge is 0.459 e. The van der Waals surface area contributed by atoms with Gasteiger partial charge < -0.3 is 9.84 Å². The first-order chi connectivity index (χ1) is 10.5. The van der Waals surface area contributed by atoms with Gasteiger partial charge in [-0.3, -0.25) is 5.10 Å². The third kappa shape index (κ3) is 3.04. The van der Waals surface area contributed by atoms with E-state index >= 15 is 0 Å². The van der Waals surface area contributed by atoms with E-state index in [0.717, 1.165) is 17.1 Å². The molecule has 0 aliphatic rings. The van der Waals surface area contributed by atoms with Crippen LogP contribution in [0, 0.1) is 11.7 Å². The zero-order valence-electron chi connectivity index (χ0n) is 11.6. The van der Waals surface area contributed by atoms with Gasteiger partial charge in [-0.2, -0.15) is 5.10 Å². The number of benzene rings is 1. The Kier molecular flexibility index (Phi) is 4.24. The molecule has 0 spiro atoms. The van der Waals surface area contributed by atoms with Crippen LogP contribution in [0.2, 0.25) is 10.0 Å². The molecule has 3 aromatic rings. The average Bonchev–Trinajstić information content (AvgIpc) is 3.07. The lowest BCUT2D eigenvalue weighted by Gasteiger charge is -2.06. The normalized spacial score (nSPS) is 10.9. The van der Waals surface area contributed by atoms with Crippen molar-refractivity contribution in [2.24, 2.45) is 0 Å². The molecule has 114 valence electrons. The van der Waals surface area contributed by atoms with Gasteiger partial charge in [0.2, 0.25) is 4.77 Å². The zero-order chi connectivity index (χ0) is 15.7. The number of nitrogens with zero attached hydrogens (tertiary/aromatic N) is 2. The molecule has 3 rings (SSSR count). The third-order valence-corrected chi connectivity index (χ3v) is 3.95. The minimum Gasteiger partial charge on any atom is -0.459 e. The van der Waals surface area contributed by atoms with Crippen molar-refractivity contribution in [3.8, 4) is 11.3 Å². The van der Waals surface area contributed by atoms with Crippen LogP contribution in [-0.2, 0) is 6.54 Å². The Labute approximate surface area is 141 Å². The molecule has 0 atom stereocenters. The van der Waals surface area contributed by atoms with Crippen LogP contribution in [-0.4, -0.2) is 14.9 Å². The van der Waals surface area contributed by atoms with Gasteiger partial charge in [0.25, 0.3) is 0 Å². The number of hydrogen-bond donors (Lipinski definition) is 2. The molecule has 0 radical (unpaired) electrons. The second-order valence-corrected chi connectivity index (χ2v) is 5.87. The molecule has 0 aliphatic heterocycles. The quantitative estimate of drug-likeness (QED) is 0.674. The fourth-order valence-corrected chi connectivity index (χ4v) is 2.65. The average molecular weight is 355 g/mol. The molecular formula is C14H12Cl2N4OS. The van der Waals surface area contributed by atoms with E-state index in [1.54, 1.807) is 22.9 Å². The van der Waals surface area contributed by atoms with Gasteiger partial charge >= 0.3 is 0 Å². The topological polar surface area (TPSA) is 58.8 Å². The molecule has 1 aromatic carbocycles. The molecule has 0 saturated heterocycles. The highest BCUT2D eigenvalue weighted by Crippen LogP contribution is 2.31. The summed E-state index contributed by atoms with van der Waals surface area (Å²) in [5.74, 6) is 2.15. The standard InChI is InChI=1S/C14H12Cl2N4OS/c1-8-18-19-14(22)20(8)17-7-10-3-5-13(21-10)11-6-9(15)2-4-12(11)16/h2-6,17H,7H2,1H3,(H,19,22). The second-order valence-electron chi connectivity index (χ2n) is 4.64. The first-order valence-corrected chi connectivity index (χ1v) is 7.63. The number of aromatic nitrogens is 3. The SMILES string of the molecule is Cc1n[nH]c(=S)n1NCc1ccc(-c2cc(Cl)ccc2Cl)o1. The summed E-state index contributed by atoms with van der Waals surface area (Å²) in [6.45, 7) is 2.31. The molecule has 2 N–H and O–H groups in total. The summed E-state index contributed by atoms with van der Waals surface area (Å²) in [4.78, 5) is 0. The van der Waals surface area contributed by atoms with Gasteiger partial charge in [0.15, 0.2) is 0 Å². The maximum Gasteiger partial charge on any atom is 0.214 e. The first-order valence-electron chi connectivity index (χ1n) is 6.46. The van der Waals surface area contributed by atoms with Crippen LogP contribution in [0.3, 0.4) is 0 Å². The molecule has 0 bridgehead atoms. The first kappa shape index (κ1) is 15.1. The van der Waals surface area contributed by atoms with Crippen molar-refractivity contribution in [1.29, 1.82) is 0 Å². The summed E-state index contributed by atoms with van der Waals surface area (Å²) < 4.78 is 7.99. The predicted molar refractivity (Wildman–Crippen MR) is 89.4 cm³/mol. The van der Waals surface area contributed by atoms with Crippen LogP contribution < -0.4 is 5.43 Å². The molecule has 0 amide bonds. The lowest BCUT2D eigenvalue weighted by atomic mass is 10.2. The number of aryl methyl sites for hydroxylation is 1. The smallest absolute Gasteiger partial charge is 0.214 e. The number of aromatic amines is 1. The molecule has 0 saturated carbocycles. The Morgan fingerprint density at radius 2 is 2.14 bits per heavy atom. The fraction of sp³-hybridized carbons (Fsp3) is 0.143. The molecular weight excluding hydrogens is 343 g/mol. The highest BCUT2D eigenvalue weighted by Gasteiger charge is 2.10. The van der Waals surface area contributed by atoms with Crippen molar-refractivity contribution in [2.45, 2.75) is 13.5 Å². The van der Waals surface area contributed by atoms with E-state index in [1.807, 2.05) is 19.1 Å². The maximum atomic E-state index is 6.18. The van der Waals surface area contributed by atoms with Crippen LogP contribution in [0.5, 0.6) is 0 Å². The maximum absolute atomic E-state index is 6.18. The molecule has 22 heavy (non-hydrogen) atoms. The molecule has 8 heteroatoms. The minimum atomic E-state index is 0.465. The van der Waals surface area contributed by atoms with Crippen LogP contribution >= 0.6 is 35.4 Å². The number of rotatable bonds is 4. The zero-order valence-corrected chi connectivity index (χ0v) is 13.9. The summed E-state index contributed by atoms with van der Waals surface area (Å²) in [5, 5.41) is 7.93. The lowest BCUT2D eigenvalue weighted by molar-refractivity contribution is 0.521. The van der Waals surface area contributed by atoms with Crippen LogP contribution in [0.4, 0.5) is 0 Å². The van der Waals surface area contributed by atoms with Crippen molar-refractivity contribution in [2.75, 3.05) is 5.43 Å². The van der Waals surface area contributed by atoms with Gasteiger partial charge in [-0.1, -0.05) is 23.2 Å². The summed E-state index contributed by atoms with van der Waals surface area (Å²) in [6, 6.07) is 8.99. The molecule has 0 unspecified atom stereocenters. The van der Waals surface area contributed by atoms with Crippen molar-refractivity contribution < 1.29 is 4.42 Å². The van der Waals surface area contributed by atoms with Gasteiger partial charge in [-0.05, 0) is 49.5 Å².